The van der Waals surface area contributed by atoms with Gasteiger partial charge in [-0.25, -0.2) is 4.98 Å². The van der Waals surface area contributed by atoms with E-state index in [1.54, 1.807) is 6.20 Å². The van der Waals surface area contributed by atoms with Crippen molar-refractivity contribution in [3.63, 3.8) is 0 Å². The zero-order valence-electron chi connectivity index (χ0n) is 9.34. The van der Waals surface area contributed by atoms with Crippen LogP contribution in [-0.4, -0.2) is 11.5 Å². The van der Waals surface area contributed by atoms with Crippen LogP contribution in [0.1, 0.15) is 26.2 Å². The molecule has 1 N–H and O–H groups in total. The molecule has 2 nitrogen and oxygen atoms in total. The van der Waals surface area contributed by atoms with E-state index in [9.17, 15) is 0 Å². The molecular formula is C12H16BrClN2. The van der Waals surface area contributed by atoms with Gasteiger partial charge in [0, 0.05) is 12.7 Å². The Labute approximate surface area is 110 Å². The van der Waals surface area contributed by atoms with Gasteiger partial charge in [-0.2, -0.15) is 0 Å². The molecule has 0 amide bonds. The van der Waals surface area contributed by atoms with Crippen LogP contribution in [-0.2, 0) is 0 Å². The lowest BCUT2D eigenvalue weighted by Crippen LogP contribution is -2.12. The number of rotatable bonds is 3. The zero-order valence-corrected chi connectivity index (χ0v) is 11.7. The second kappa shape index (κ2) is 5.37. The molecule has 88 valence electrons. The van der Waals surface area contributed by atoms with Crippen LogP contribution in [0.2, 0.25) is 5.02 Å². The summed E-state index contributed by atoms with van der Waals surface area (Å²) in [5.74, 6) is 2.57. The van der Waals surface area contributed by atoms with E-state index in [-0.39, 0.29) is 0 Å². The topological polar surface area (TPSA) is 24.9 Å². The van der Waals surface area contributed by atoms with Crippen molar-refractivity contribution in [3.8, 4) is 0 Å². The maximum Gasteiger partial charge on any atom is 0.140 e. The smallest absolute Gasteiger partial charge is 0.140 e. The molecule has 0 aromatic carbocycles. The Balaban J connectivity index is 1.89. The van der Waals surface area contributed by atoms with Crippen molar-refractivity contribution < 1.29 is 0 Å². The van der Waals surface area contributed by atoms with E-state index in [4.69, 9.17) is 11.6 Å². The van der Waals surface area contributed by atoms with E-state index in [0.29, 0.717) is 5.02 Å². The van der Waals surface area contributed by atoms with Gasteiger partial charge >= 0.3 is 0 Å². The van der Waals surface area contributed by atoms with Crippen LogP contribution in [0.5, 0.6) is 0 Å². The molecule has 0 radical (unpaired) electrons. The largest absolute Gasteiger partial charge is 0.369 e. The summed E-state index contributed by atoms with van der Waals surface area (Å²) in [5, 5.41) is 4.05. The van der Waals surface area contributed by atoms with Gasteiger partial charge < -0.3 is 5.32 Å². The van der Waals surface area contributed by atoms with Crippen molar-refractivity contribution >= 4 is 33.3 Å². The van der Waals surface area contributed by atoms with Gasteiger partial charge in [-0.05, 0) is 46.7 Å². The van der Waals surface area contributed by atoms with E-state index in [2.05, 4.69) is 33.2 Å². The van der Waals surface area contributed by atoms with Gasteiger partial charge in [0.15, 0.2) is 0 Å². The molecule has 0 bridgehead atoms. The van der Waals surface area contributed by atoms with Crippen LogP contribution >= 0.6 is 27.5 Å². The Morgan fingerprint density at radius 2 is 2.38 bits per heavy atom. The summed E-state index contributed by atoms with van der Waals surface area (Å²) in [6.07, 6.45) is 5.70. The van der Waals surface area contributed by atoms with Crippen LogP contribution in [0.25, 0.3) is 0 Å². The molecule has 2 rings (SSSR count). The van der Waals surface area contributed by atoms with Gasteiger partial charge in [-0.1, -0.05) is 24.9 Å². The monoisotopic (exact) mass is 302 g/mol. The second-order valence-corrected chi connectivity index (χ2v) is 5.94. The molecule has 1 aliphatic rings. The highest BCUT2D eigenvalue weighted by Crippen LogP contribution is 2.31. The fourth-order valence-corrected chi connectivity index (χ4v) is 3.07. The summed E-state index contributed by atoms with van der Waals surface area (Å²) in [6, 6.07) is 1.87. The van der Waals surface area contributed by atoms with Crippen molar-refractivity contribution in [2.24, 2.45) is 11.8 Å². The van der Waals surface area contributed by atoms with Gasteiger partial charge in [0.05, 0.1) is 9.50 Å². The van der Waals surface area contributed by atoms with Crippen LogP contribution in [0, 0.1) is 11.8 Å². The van der Waals surface area contributed by atoms with Crippen LogP contribution < -0.4 is 5.32 Å². The molecule has 2 atom stereocenters. The van der Waals surface area contributed by atoms with Gasteiger partial charge in [0.2, 0.25) is 0 Å². The highest BCUT2D eigenvalue weighted by Gasteiger charge is 2.21. The number of hydrogen-bond donors (Lipinski definition) is 1. The van der Waals surface area contributed by atoms with Gasteiger partial charge in [-0.15, -0.1) is 0 Å². The number of aromatic nitrogens is 1. The van der Waals surface area contributed by atoms with E-state index in [1.165, 1.54) is 19.3 Å². The van der Waals surface area contributed by atoms with Crippen molar-refractivity contribution in [2.45, 2.75) is 26.2 Å². The fourth-order valence-electron chi connectivity index (χ4n) is 2.30. The molecule has 1 aromatic heterocycles. The molecule has 1 saturated carbocycles. The van der Waals surface area contributed by atoms with Gasteiger partial charge in [0.1, 0.15) is 5.82 Å². The third kappa shape index (κ3) is 3.11. The van der Waals surface area contributed by atoms with Crippen molar-refractivity contribution in [2.75, 3.05) is 11.9 Å². The number of anilines is 1. The number of hydrogen-bond acceptors (Lipinski definition) is 2. The average molecular weight is 304 g/mol. The number of nitrogens with one attached hydrogen (secondary N) is 1. The lowest BCUT2D eigenvalue weighted by Gasteiger charge is -2.12. The number of nitrogens with zero attached hydrogens (tertiary/aromatic N) is 1. The first-order valence-corrected chi connectivity index (χ1v) is 6.87. The average Bonchev–Trinajstić information content (AvgIpc) is 2.63. The highest BCUT2D eigenvalue weighted by molar-refractivity contribution is 9.10. The lowest BCUT2D eigenvalue weighted by atomic mass is 10.1. The Bertz CT molecular complexity index is 370. The predicted octanol–water partition coefficient (Wildman–Crippen LogP) is 4.35. The quantitative estimate of drug-likeness (QED) is 0.898. The number of halogens is 2. The normalized spacial score (nSPS) is 24.7. The van der Waals surface area contributed by atoms with Crippen LogP contribution in [0.15, 0.2) is 16.7 Å². The minimum Gasteiger partial charge on any atom is -0.369 e. The molecule has 1 aromatic rings. The minimum absolute atomic E-state index is 0.659. The van der Waals surface area contributed by atoms with Crippen molar-refractivity contribution in [3.05, 3.63) is 21.8 Å². The Kier molecular flexibility index (Phi) is 4.09. The second-order valence-electron chi connectivity index (χ2n) is 4.65. The summed E-state index contributed by atoms with van der Waals surface area (Å²) >= 11 is 9.30. The summed E-state index contributed by atoms with van der Waals surface area (Å²) in [4.78, 5) is 4.27. The molecule has 1 aliphatic carbocycles. The molecule has 0 aliphatic heterocycles. The van der Waals surface area contributed by atoms with Crippen molar-refractivity contribution in [1.82, 2.24) is 4.98 Å². The van der Waals surface area contributed by atoms with Crippen molar-refractivity contribution in [1.29, 1.82) is 0 Å². The predicted molar refractivity (Wildman–Crippen MR) is 71.9 cm³/mol. The van der Waals surface area contributed by atoms with E-state index >= 15 is 0 Å². The molecular weight excluding hydrogens is 288 g/mol. The van der Waals surface area contributed by atoms with E-state index in [0.717, 1.165) is 28.7 Å². The Morgan fingerprint density at radius 1 is 1.56 bits per heavy atom. The SMILES string of the molecule is CC1CCC(CNc2ncc(Cl)cc2Br)C1. The van der Waals surface area contributed by atoms with Crippen LogP contribution in [0.4, 0.5) is 5.82 Å². The first-order chi connectivity index (χ1) is 7.65. The molecule has 1 fully saturated rings. The summed E-state index contributed by atoms with van der Waals surface area (Å²) in [5.41, 5.74) is 0. The third-order valence-electron chi connectivity index (χ3n) is 3.17. The minimum atomic E-state index is 0.659. The van der Waals surface area contributed by atoms with E-state index < -0.39 is 0 Å². The molecule has 2 unspecified atom stereocenters. The molecule has 4 heteroatoms. The fraction of sp³-hybridized carbons (Fsp3) is 0.583. The maximum absolute atomic E-state index is 5.84. The highest BCUT2D eigenvalue weighted by atomic mass is 79.9. The summed E-state index contributed by atoms with van der Waals surface area (Å²) in [6.45, 7) is 3.34. The van der Waals surface area contributed by atoms with Gasteiger partial charge in [-0.3, -0.25) is 0 Å². The van der Waals surface area contributed by atoms with Crippen LogP contribution in [0.3, 0.4) is 0 Å². The molecule has 0 spiro atoms. The number of pyridine rings is 1. The Morgan fingerprint density at radius 3 is 3.00 bits per heavy atom. The Hall–Kier alpha value is -0.280. The lowest BCUT2D eigenvalue weighted by molar-refractivity contribution is 0.536. The maximum atomic E-state index is 5.84. The third-order valence-corrected chi connectivity index (χ3v) is 3.98. The molecule has 1 heterocycles. The summed E-state index contributed by atoms with van der Waals surface area (Å²) in [7, 11) is 0. The standard InChI is InChI=1S/C12H16BrClN2/c1-8-2-3-9(4-8)6-15-12-11(13)5-10(14)7-16-12/h5,7-9H,2-4,6H2,1H3,(H,15,16). The van der Waals surface area contributed by atoms with E-state index in [1.807, 2.05) is 6.07 Å². The van der Waals surface area contributed by atoms with Gasteiger partial charge in [0.25, 0.3) is 0 Å². The first-order valence-electron chi connectivity index (χ1n) is 5.70. The molecule has 16 heavy (non-hydrogen) atoms. The first kappa shape index (κ1) is 12.2. The zero-order chi connectivity index (χ0) is 11.5. The molecule has 0 saturated heterocycles. The summed E-state index contributed by atoms with van der Waals surface area (Å²) < 4.78 is 0.936.